The Kier molecular flexibility index (Phi) is 6.16. The lowest BCUT2D eigenvalue weighted by Gasteiger charge is -2.19. The fourth-order valence-corrected chi connectivity index (χ4v) is 3.01. The van der Waals surface area contributed by atoms with Gasteiger partial charge in [-0.25, -0.2) is 8.42 Å². The molecule has 0 aliphatic rings. The molecule has 0 saturated carbocycles. The third-order valence-electron chi connectivity index (χ3n) is 2.27. The minimum atomic E-state index is -3.14. The molecule has 0 aromatic carbocycles. The van der Waals surface area contributed by atoms with E-state index in [0.29, 0.717) is 0 Å². The maximum Gasteiger partial charge on any atom is 0.307 e. The van der Waals surface area contributed by atoms with Crippen LogP contribution in [0.2, 0.25) is 0 Å². The minimum absolute atomic E-state index is 0.0595. The first kappa shape index (κ1) is 16.4. The zero-order valence-corrected chi connectivity index (χ0v) is 12.3. The first-order valence-electron chi connectivity index (χ1n) is 5.98. The van der Waals surface area contributed by atoms with Crippen LogP contribution in [-0.2, 0) is 19.4 Å². The number of carbonyl (C=O) groups is 1. The highest BCUT2D eigenvalue weighted by atomic mass is 32.2. The Labute approximate surface area is 105 Å². The second-order valence-corrected chi connectivity index (χ2v) is 7.69. The van der Waals surface area contributed by atoms with Crippen molar-refractivity contribution >= 4 is 15.8 Å². The summed E-state index contributed by atoms with van der Waals surface area (Å²) in [5.41, 5.74) is -0.558. The Balaban J connectivity index is 4.15. The number of ether oxygens (including phenoxy) is 1. The van der Waals surface area contributed by atoms with Crippen LogP contribution in [0, 0.1) is 5.92 Å². The largest absolute Gasteiger partial charge is 0.460 e. The molecule has 0 aliphatic carbocycles. The second kappa shape index (κ2) is 6.38. The third-order valence-corrected chi connectivity index (χ3v) is 4.18. The lowest BCUT2D eigenvalue weighted by Crippen LogP contribution is -2.26. The normalized spacial score (nSPS) is 14.4. The Bertz CT molecular complexity index is 338. The van der Waals surface area contributed by atoms with Gasteiger partial charge in [-0.1, -0.05) is 20.3 Å². The summed E-state index contributed by atoms with van der Waals surface area (Å²) < 4.78 is 28.4. The van der Waals surface area contributed by atoms with Crippen molar-refractivity contribution in [3.8, 4) is 0 Å². The smallest absolute Gasteiger partial charge is 0.307 e. The second-order valence-electron chi connectivity index (χ2n) is 5.46. The molecule has 4 nitrogen and oxygen atoms in total. The fraction of sp³-hybridized carbons (Fsp3) is 0.917. The Morgan fingerprint density at radius 3 is 2.24 bits per heavy atom. The van der Waals surface area contributed by atoms with Gasteiger partial charge in [-0.3, -0.25) is 4.79 Å². The van der Waals surface area contributed by atoms with E-state index in [1.54, 1.807) is 20.8 Å². The molecule has 0 saturated heterocycles. The number of esters is 1. The topological polar surface area (TPSA) is 60.4 Å². The molecule has 102 valence electrons. The van der Waals surface area contributed by atoms with Crippen LogP contribution in [0.25, 0.3) is 0 Å². The molecule has 0 rings (SSSR count). The van der Waals surface area contributed by atoms with Gasteiger partial charge in [-0.05, 0) is 26.7 Å². The summed E-state index contributed by atoms with van der Waals surface area (Å²) >= 11 is 0. The van der Waals surface area contributed by atoms with Gasteiger partial charge in [0, 0.05) is 0 Å². The van der Waals surface area contributed by atoms with Crippen LogP contribution in [-0.4, -0.2) is 31.5 Å². The van der Waals surface area contributed by atoms with E-state index < -0.39 is 21.4 Å². The molecule has 0 heterocycles. The van der Waals surface area contributed by atoms with E-state index in [1.807, 2.05) is 13.8 Å². The van der Waals surface area contributed by atoms with Gasteiger partial charge in [-0.2, -0.15) is 0 Å². The van der Waals surface area contributed by atoms with Crippen LogP contribution < -0.4 is 0 Å². The van der Waals surface area contributed by atoms with Crippen molar-refractivity contribution in [1.82, 2.24) is 0 Å². The summed E-state index contributed by atoms with van der Waals surface area (Å²) in [7, 11) is -3.14. The van der Waals surface area contributed by atoms with E-state index in [0.717, 1.165) is 6.42 Å². The molecular formula is C12H24O4S. The SMILES string of the molecule is CCC(C)CS(=O)(=O)CCC(=O)OC(C)(C)C. The van der Waals surface area contributed by atoms with Crippen LogP contribution in [0.3, 0.4) is 0 Å². The van der Waals surface area contributed by atoms with Crippen molar-refractivity contribution in [2.24, 2.45) is 5.92 Å². The Hall–Kier alpha value is -0.580. The van der Waals surface area contributed by atoms with Gasteiger partial charge < -0.3 is 4.74 Å². The van der Waals surface area contributed by atoms with Crippen molar-refractivity contribution in [3.05, 3.63) is 0 Å². The zero-order chi connectivity index (χ0) is 13.7. The number of carbonyl (C=O) groups excluding carboxylic acids is 1. The molecule has 0 radical (unpaired) electrons. The average Bonchev–Trinajstić information content (AvgIpc) is 2.11. The van der Waals surface area contributed by atoms with E-state index in [1.165, 1.54) is 0 Å². The predicted octanol–water partition coefficient (Wildman–Crippen LogP) is 2.18. The summed E-state index contributed by atoms with van der Waals surface area (Å²) in [5.74, 6) is -0.290. The first-order chi connectivity index (χ1) is 7.56. The van der Waals surface area contributed by atoms with Crippen LogP contribution >= 0.6 is 0 Å². The number of sulfone groups is 1. The standard InChI is InChI=1S/C12H24O4S/c1-6-10(2)9-17(14,15)8-7-11(13)16-12(3,4)5/h10H,6-9H2,1-5H3. The highest BCUT2D eigenvalue weighted by Crippen LogP contribution is 2.11. The van der Waals surface area contributed by atoms with Crippen molar-refractivity contribution in [1.29, 1.82) is 0 Å². The van der Waals surface area contributed by atoms with Crippen LogP contribution in [0.1, 0.15) is 47.5 Å². The van der Waals surface area contributed by atoms with Crippen molar-refractivity contribution < 1.29 is 17.9 Å². The van der Waals surface area contributed by atoms with E-state index in [2.05, 4.69) is 0 Å². The highest BCUT2D eigenvalue weighted by molar-refractivity contribution is 7.91. The van der Waals surface area contributed by atoms with E-state index in [4.69, 9.17) is 4.74 Å². The maximum absolute atomic E-state index is 11.7. The average molecular weight is 264 g/mol. The molecule has 5 heteroatoms. The van der Waals surface area contributed by atoms with Crippen molar-refractivity contribution in [3.63, 3.8) is 0 Å². The van der Waals surface area contributed by atoms with Crippen LogP contribution in [0.4, 0.5) is 0 Å². The van der Waals surface area contributed by atoms with Gasteiger partial charge in [0.25, 0.3) is 0 Å². The molecule has 0 fully saturated rings. The number of hydrogen-bond acceptors (Lipinski definition) is 4. The summed E-state index contributed by atoms with van der Waals surface area (Å²) in [6, 6.07) is 0. The van der Waals surface area contributed by atoms with Crippen molar-refractivity contribution in [2.75, 3.05) is 11.5 Å². The quantitative estimate of drug-likeness (QED) is 0.690. The molecule has 1 unspecified atom stereocenters. The molecule has 0 aromatic heterocycles. The van der Waals surface area contributed by atoms with Gasteiger partial charge in [0.15, 0.2) is 9.84 Å². The first-order valence-corrected chi connectivity index (χ1v) is 7.80. The molecule has 0 aliphatic heterocycles. The lowest BCUT2D eigenvalue weighted by molar-refractivity contribution is -0.154. The molecule has 0 N–H and O–H groups in total. The molecule has 0 bridgehead atoms. The Morgan fingerprint density at radius 2 is 1.82 bits per heavy atom. The number of rotatable bonds is 6. The summed E-state index contributed by atoms with van der Waals surface area (Å²) in [5, 5.41) is 0. The molecule has 0 amide bonds. The van der Waals surface area contributed by atoms with Gasteiger partial charge in [0.05, 0.1) is 17.9 Å². The van der Waals surface area contributed by atoms with E-state index >= 15 is 0 Å². The van der Waals surface area contributed by atoms with Crippen LogP contribution in [0.15, 0.2) is 0 Å². The highest BCUT2D eigenvalue weighted by Gasteiger charge is 2.20. The monoisotopic (exact) mass is 264 g/mol. The predicted molar refractivity (Wildman–Crippen MR) is 68.6 cm³/mol. The summed E-state index contributed by atoms with van der Waals surface area (Å²) in [6.45, 7) is 9.13. The fourth-order valence-electron chi connectivity index (χ4n) is 1.27. The van der Waals surface area contributed by atoms with Gasteiger partial charge in [0.1, 0.15) is 5.60 Å². The summed E-state index contributed by atoms with van der Waals surface area (Å²) in [6.07, 6.45) is 0.766. The molecule has 17 heavy (non-hydrogen) atoms. The molecule has 1 atom stereocenters. The number of hydrogen-bond donors (Lipinski definition) is 0. The summed E-state index contributed by atoms with van der Waals surface area (Å²) in [4.78, 5) is 11.4. The molecular weight excluding hydrogens is 240 g/mol. The lowest BCUT2D eigenvalue weighted by atomic mass is 10.2. The van der Waals surface area contributed by atoms with Gasteiger partial charge in [-0.15, -0.1) is 0 Å². The van der Waals surface area contributed by atoms with E-state index in [9.17, 15) is 13.2 Å². The van der Waals surface area contributed by atoms with E-state index in [-0.39, 0.29) is 23.8 Å². The maximum atomic E-state index is 11.7. The van der Waals surface area contributed by atoms with Gasteiger partial charge >= 0.3 is 5.97 Å². The van der Waals surface area contributed by atoms with Gasteiger partial charge in [0.2, 0.25) is 0 Å². The third kappa shape index (κ3) is 9.15. The minimum Gasteiger partial charge on any atom is -0.460 e. The van der Waals surface area contributed by atoms with Crippen LogP contribution in [0.5, 0.6) is 0 Å². The zero-order valence-electron chi connectivity index (χ0n) is 11.4. The molecule has 0 spiro atoms. The Morgan fingerprint density at radius 1 is 1.29 bits per heavy atom. The molecule has 0 aromatic rings. The van der Waals surface area contributed by atoms with Crippen molar-refractivity contribution in [2.45, 2.75) is 53.1 Å².